The second-order valence-electron chi connectivity index (χ2n) is 7.34. The summed E-state index contributed by atoms with van der Waals surface area (Å²) >= 11 is 0. The molecule has 1 N–H and O–H groups in total. The van der Waals surface area contributed by atoms with Crippen LogP contribution in [-0.2, 0) is 4.79 Å². The topological polar surface area (TPSA) is 61.4 Å². The summed E-state index contributed by atoms with van der Waals surface area (Å²) in [6.07, 6.45) is 10.5. The van der Waals surface area contributed by atoms with Crippen LogP contribution in [0.1, 0.15) is 38.5 Å². The number of anilines is 1. The summed E-state index contributed by atoms with van der Waals surface area (Å²) in [5.41, 5.74) is 0. The summed E-state index contributed by atoms with van der Waals surface area (Å²) in [4.78, 5) is 26.2. The zero-order chi connectivity index (χ0) is 16.4. The molecule has 130 valence electrons. The number of amides is 1. The highest BCUT2D eigenvalue weighted by Crippen LogP contribution is 2.28. The van der Waals surface area contributed by atoms with Gasteiger partial charge in [0.15, 0.2) is 0 Å². The fraction of sp³-hybridized carbons (Fsp3) is 0.722. The van der Waals surface area contributed by atoms with E-state index in [-0.39, 0.29) is 11.8 Å². The largest absolute Gasteiger partial charge is 0.351 e. The van der Waals surface area contributed by atoms with Gasteiger partial charge in [-0.25, -0.2) is 9.97 Å². The molecular weight excluding hydrogens is 302 g/mol. The predicted molar refractivity (Wildman–Crippen MR) is 92.7 cm³/mol. The summed E-state index contributed by atoms with van der Waals surface area (Å²) in [6, 6.07) is 2.74. The molecule has 6 heteroatoms. The summed E-state index contributed by atoms with van der Waals surface area (Å²) in [5, 5.41) is 3.37. The maximum absolute atomic E-state index is 12.8. The Morgan fingerprint density at radius 3 is 2.79 bits per heavy atom. The van der Waals surface area contributed by atoms with Gasteiger partial charge in [0.25, 0.3) is 0 Å². The van der Waals surface area contributed by atoms with Crippen molar-refractivity contribution in [2.75, 3.05) is 31.1 Å². The van der Waals surface area contributed by atoms with Crippen molar-refractivity contribution in [3.05, 3.63) is 18.5 Å². The van der Waals surface area contributed by atoms with Gasteiger partial charge in [-0.3, -0.25) is 9.69 Å². The van der Waals surface area contributed by atoms with Crippen LogP contribution in [0, 0.1) is 5.92 Å². The van der Waals surface area contributed by atoms with Gasteiger partial charge in [-0.15, -0.1) is 0 Å². The van der Waals surface area contributed by atoms with Crippen LogP contribution in [0.4, 0.5) is 5.95 Å². The quantitative estimate of drug-likeness (QED) is 0.909. The van der Waals surface area contributed by atoms with Gasteiger partial charge < -0.3 is 10.2 Å². The molecule has 0 bridgehead atoms. The number of hydrogen-bond acceptors (Lipinski definition) is 5. The van der Waals surface area contributed by atoms with Gasteiger partial charge in [-0.05, 0) is 44.7 Å². The average Bonchev–Trinajstić information content (AvgIpc) is 3.06. The average molecular weight is 329 g/mol. The highest BCUT2D eigenvalue weighted by Gasteiger charge is 2.37. The number of hydrogen-bond donors (Lipinski definition) is 1. The second kappa shape index (κ2) is 7.05. The molecule has 3 unspecified atom stereocenters. The van der Waals surface area contributed by atoms with Gasteiger partial charge in [0.2, 0.25) is 11.9 Å². The Balaban J connectivity index is 1.36. The lowest BCUT2D eigenvalue weighted by atomic mass is 9.95. The maximum atomic E-state index is 12.8. The van der Waals surface area contributed by atoms with E-state index in [1.54, 1.807) is 12.4 Å². The maximum Gasteiger partial charge on any atom is 0.225 e. The van der Waals surface area contributed by atoms with Gasteiger partial charge in [-0.1, -0.05) is 6.42 Å². The van der Waals surface area contributed by atoms with Crippen molar-refractivity contribution >= 4 is 11.9 Å². The Hall–Kier alpha value is -1.69. The van der Waals surface area contributed by atoms with E-state index in [4.69, 9.17) is 0 Å². The van der Waals surface area contributed by atoms with E-state index in [1.165, 1.54) is 25.8 Å². The Morgan fingerprint density at radius 1 is 1.04 bits per heavy atom. The van der Waals surface area contributed by atoms with Crippen molar-refractivity contribution < 1.29 is 4.79 Å². The fourth-order valence-corrected chi connectivity index (χ4v) is 4.54. The van der Waals surface area contributed by atoms with Crippen LogP contribution in [0.3, 0.4) is 0 Å². The van der Waals surface area contributed by atoms with Crippen LogP contribution in [0.2, 0.25) is 0 Å². The Morgan fingerprint density at radius 2 is 1.92 bits per heavy atom. The van der Waals surface area contributed by atoms with E-state index >= 15 is 0 Å². The first-order chi connectivity index (χ1) is 11.8. The predicted octanol–water partition coefficient (Wildman–Crippen LogP) is 1.44. The molecule has 1 amide bonds. The number of nitrogens with zero attached hydrogens (tertiary/aromatic N) is 4. The first-order valence-corrected chi connectivity index (χ1v) is 9.37. The van der Waals surface area contributed by atoms with E-state index in [2.05, 4.69) is 25.1 Å². The molecular formula is C18H27N5O. The second-order valence-corrected chi connectivity index (χ2v) is 7.34. The minimum atomic E-state index is 0.0557. The van der Waals surface area contributed by atoms with Gasteiger partial charge >= 0.3 is 0 Å². The van der Waals surface area contributed by atoms with Crippen molar-refractivity contribution in [1.82, 2.24) is 20.2 Å². The molecule has 3 saturated heterocycles. The third-order valence-corrected chi connectivity index (χ3v) is 5.81. The minimum Gasteiger partial charge on any atom is -0.351 e. The van der Waals surface area contributed by atoms with Crippen LogP contribution in [0.5, 0.6) is 0 Å². The molecule has 3 aliphatic rings. The van der Waals surface area contributed by atoms with E-state index in [9.17, 15) is 4.79 Å². The van der Waals surface area contributed by atoms with Gasteiger partial charge in [0, 0.05) is 44.1 Å². The zero-order valence-corrected chi connectivity index (χ0v) is 14.2. The summed E-state index contributed by atoms with van der Waals surface area (Å²) < 4.78 is 0. The standard InChI is InChI=1S/C18H27N5O/c24-17(21-15-7-12-22-10-2-1-6-16(15)22)14-5-3-11-23(13-14)18-19-8-4-9-20-18/h4,8-9,14-16H,1-3,5-7,10-13H2,(H,21,24). The van der Waals surface area contributed by atoms with E-state index in [0.29, 0.717) is 12.1 Å². The molecule has 6 nitrogen and oxygen atoms in total. The summed E-state index contributed by atoms with van der Waals surface area (Å²) in [7, 11) is 0. The van der Waals surface area contributed by atoms with Crippen LogP contribution in [0.15, 0.2) is 18.5 Å². The lowest BCUT2D eigenvalue weighted by molar-refractivity contribution is -0.126. The summed E-state index contributed by atoms with van der Waals surface area (Å²) in [5.74, 6) is 1.03. The zero-order valence-electron chi connectivity index (χ0n) is 14.2. The molecule has 0 radical (unpaired) electrons. The first kappa shape index (κ1) is 15.8. The lowest BCUT2D eigenvalue weighted by Crippen LogP contribution is -2.50. The van der Waals surface area contributed by atoms with Crippen molar-refractivity contribution in [3.63, 3.8) is 0 Å². The molecule has 0 spiro atoms. The molecule has 3 atom stereocenters. The molecule has 0 aliphatic carbocycles. The van der Waals surface area contributed by atoms with Crippen molar-refractivity contribution in [1.29, 1.82) is 0 Å². The van der Waals surface area contributed by atoms with Crippen LogP contribution < -0.4 is 10.2 Å². The normalized spacial score (nSPS) is 30.8. The van der Waals surface area contributed by atoms with Gasteiger partial charge in [0.05, 0.1) is 5.92 Å². The lowest BCUT2D eigenvalue weighted by Gasteiger charge is -2.35. The van der Waals surface area contributed by atoms with Crippen molar-refractivity contribution in [2.45, 2.75) is 50.6 Å². The molecule has 0 aromatic carbocycles. The van der Waals surface area contributed by atoms with E-state index in [0.717, 1.165) is 44.8 Å². The number of rotatable bonds is 3. The third-order valence-electron chi connectivity index (χ3n) is 5.81. The Labute approximate surface area is 143 Å². The smallest absolute Gasteiger partial charge is 0.225 e. The number of fused-ring (bicyclic) bond motifs is 1. The fourth-order valence-electron chi connectivity index (χ4n) is 4.54. The number of carbonyl (C=O) groups excluding carboxylic acids is 1. The van der Waals surface area contributed by atoms with Crippen LogP contribution in [-0.4, -0.2) is 59.0 Å². The molecule has 0 saturated carbocycles. The SMILES string of the molecule is O=C(NC1CCN2CCCCC12)C1CCCN(c2ncccn2)C1. The van der Waals surface area contributed by atoms with Crippen molar-refractivity contribution in [3.8, 4) is 0 Å². The van der Waals surface area contributed by atoms with Crippen LogP contribution in [0.25, 0.3) is 0 Å². The third kappa shape index (κ3) is 3.24. The molecule has 1 aromatic rings. The van der Waals surface area contributed by atoms with Gasteiger partial charge in [0.1, 0.15) is 0 Å². The first-order valence-electron chi connectivity index (χ1n) is 9.37. The Bertz CT molecular complexity index is 566. The highest BCUT2D eigenvalue weighted by molar-refractivity contribution is 5.80. The number of aromatic nitrogens is 2. The molecule has 3 aliphatic heterocycles. The summed E-state index contributed by atoms with van der Waals surface area (Å²) in [6.45, 7) is 4.02. The number of piperidine rings is 2. The molecule has 4 rings (SSSR count). The Kier molecular flexibility index (Phi) is 4.65. The molecule has 1 aromatic heterocycles. The molecule has 24 heavy (non-hydrogen) atoms. The van der Waals surface area contributed by atoms with Gasteiger partial charge in [-0.2, -0.15) is 0 Å². The number of carbonyl (C=O) groups is 1. The molecule has 4 heterocycles. The van der Waals surface area contributed by atoms with Crippen LogP contribution >= 0.6 is 0 Å². The minimum absolute atomic E-state index is 0.0557. The number of nitrogens with one attached hydrogen (secondary N) is 1. The molecule has 3 fully saturated rings. The van der Waals surface area contributed by atoms with Crippen molar-refractivity contribution in [2.24, 2.45) is 5.92 Å². The highest BCUT2D eigenvalue weighted by atomic mass is 16.2. The van der Waals surface area contributed by atoms with E-state index in [1.807, 2.05) is 6.07 Å². The monoisotopic (exact) mass is 329 g/mol. The van der Waals surface area contributed by atoms with E-state index < -0.39 is 0 Å².